The Bertz CT molecular complexity index is 406. The lowest BCUT2D eigenvalue weighted by Crippen LogP contribution is -2.19. The fraction of sp³-hybridized carbons (Fsp3) is 0.143. The van der Waals surface area contributed by atoms with Gasteiger partial charge in [0.2, 0.25) is 11.8 Å². The molecule has 94 valence electrons. The van der Waals surface area contributed by atoms with Crippen LogP contribution in [0.4, 0.5) is 0 Å². The molecule has 0 saturated heterocycles. The molecule has 1 aromatic rings. The van der Waals surface area contributed by atoms with Gasteiger partial charge in [-0.2, -0.15) is 0 Å². The minimum absolute atomic E-state index is 0.109. The molecular weight excluding hydrogens is 228 g/mol. The second kappa shape index (κ2) is 7.06. The summed E-state index contributed by atoms with van der Waals surface area (Å²) in [6.07, 6.45) is 3.31. The fourth-order valence-corrected chi connectivity index (χ4v) is 1.48. The van der Waals surface area contributed by atoms with E-state index < -0.39 is 0 Å². The molecule has 0 heterocycles. The number of hydrogen-bond acceptors (Lipinski definition) is 2. The summed E-state index contributed by atoms with van der Waals surface area (Å²) in [6.45, 7) is 6.84. The van der Waals surface area contributed by atoms with Gasteiger partial charge in [0.1, 0.15) is 0 Å². The van der Waals surface area contributed by atoms with Crippen molar-refractivity contribution in [3.8, 4) is 0 Å². The van der Waals surface area contributed by atoms with E-state index in [0.717, 1.165) is 11.1 Å². The third-order valence-electron chi connectivity index (χ3n) is 2.28. The highest BCUT2D eigenvalue weighted by Gasteiger charge is 2.03. The van der Waals surface area contributed by atoms with Crippen LogP contribution in [0.25, 0.3) is 0 Å². The summed E-state index contributed by atoms with van der Waals surface area (Å²) < 4.78 is 0. The van der Waals surface area contributed by atoms with Crippen LogP contribution in [0.1, 0.15) is 11.1 Å². The molecule has 2 N–H and O–H groups in total. The lowest BCUT2D eigenvalue weighted by molar-refractivity contribution is -0.120. The van der Waals surface area contributed by atoms with E-state index in [1.54, 1.807) is 0 Å². The Balaban J connectivity index is 2.57. The third kappa shape index (κ3) is 4.65. The minimum Gasteiger partial charge on any atom is -0.333 e. The zero-order chi connectivity index (χ0) is 13.4. The highest BCUT2D eigenvalue weighted by atomic mass is 16.2. The standard InChI is InChI=1S/C14H16N2O2/c1-3-15-13(17)9-11-5-7-12(8-6-11)10-14(18)16-4-2/h3-8H,1-2,9-10H2,(H,15,17)(H,16,18). The van der Waals surface area contributed by atoms with Crippen LogP contribution < -0.4 is 10.6 Å². The van der Waals surface area contributed by atoms with Gasteiger partial charge in [-0.3, -0.25) is 9.59 Å². The van der Waals surface area contributed by atoms with E-state index in [-0.39, 0.29) is 11.8 Å². The number of rotatable bonds is 6. The maximum absolute atomic E-state index is 11.3. The van der Waals surface area contributed by atoms with Gasteiger partial charge in [-0.25, -0.2) is 0 Å². The molecule has 4 nitrogen and oxygen atoms in total. The molecule has 1 aromatic carbocycles. The van der Waals surface area contributed by atoms with Crippen molar-refractivity contribution in [1.29, 1.82) is 0 Å². The highest BCUT2D eigenvalue weighted by molar-refractivity contribution is 5.80. The van der Waals surface area contributed by atoms with Crippen LogP contribution in [-0.2, 0) is 22.4 Å². The molecule has 18 heavy (non-hydrogen) atoms. The molecule has 1 rings (SSSR count). The number of hydrogen-bond donors (Lipinski definition) is 2. The molecule has 0 aliphatic heterocycles. The molecular formula is C14H16N2O2. The Morgan fingerprint density at radius 3 is 1.50 bits per heavy atom. The number of amides is 2. The Kier molecular flexibility index (Phi) is 5.38. The smallest absolute Gasteiger partial charge is 0.228 e. The van der Waals surface area contributed by atoms with Crippen LogP contribution in [0, 0.1) is 0 Å². The fourth-order valence-electron chi connectivity index (χ4n) is 1.48. The lowest BCUT2D eigenvalue weighted by atomic mass is 10.1. The monoisotopic (exact) mass is 244 g/mol. The van der Waals surface area contributed by atoms with Crippen LogP contribution in [0.2, 0.25) is 0 Å². The predicted octanol–water partition coefficient (Wildman–Crippen LogP) is 1.29. The van der Waals surface area contributed by atoms with Gasteiger partial charge in [0.25, 0.3) is 0 Å². The molecule has 0 aliphatic rings. The average Bonchev–Trinajstić information content (AvgIpc) is 2.32. The number of nitrogens with one attached hydrogen (secondary N) is 2. The van der Waals surface area contributed by atoms with Gasteiger partial charge >= 0.3 is 0 Å². The molecule has 0 aromatic heterocycles. The van der Waals surface area contributed by atoms with E-state index in [9.17, 15) is 9.59 Å². The lowest BCUT2D eigenvalue weighted by Gasteiger charge is -2.03. The largest absolute Gasteiger partial charge is 0.333 e. The topological polar surface area (TPSA) is 58.2 Å². The Hall–Kier alpha value is -2.36. The van der Waals surface area contributed by atoms with Gasteiger partial charge in [-0.15, -0.1) is 0 Å². The van der Waals surface area contributed by atoms with Gasteiger partial charge in [-0.05, 0) is 23.5 Å². The Morgan fingerprint density at radius 1 is 0.889 bits per heavy atom. The quantitative estimate of drug-likeness (QED) is 0.792. The minimum atomic E-state index is -0.109. The van der Waals surface area contributed by atoms with Crippen molar-refractivity contribution in [2.75, 3.05) is 0 Å². The van der Waals surface area contributed by atoms with Crippen LogP contribution in [-0.4, -0.2) is 11.8 Å². The van der Waals surface area contributed by atoms with E-state index in [0.29, 0.717) is 12.8 Å². The summed E-state index contributed by atoms with van der Waals surface area (Å²) in [5.74, 6) is -0.218. The zero-order valence-electron chi connectivity index (χ0n) is 10.1. The molecule has 0 radical (unpaired) electrons. The molecule has 0 fully saturated rings. The van der Waals surface area contributed by atoms with Crippen LogP contribution >= 0.6 is 0 Å². The molecule has 2 amide bonds. The summed E-state index contributed by atoms with van der Waals surface area (Å²) in [7, 11) is 0. The van der Waals surface area contributed by atoms with Crippen molar-refractivity contribution in [3.63, 3.8) is 0 Å². The van der Waals surface area contributed by atoms with Gasteiger partial charge in [0, 0.05) is 0 Å². The van der Waals surface area contributed by atoms with Crippen molar-refractivity contribution in [2.24, 2.45) is 0 Å². The first kappa shape index (κ1) is 13.7. The average molecular weight is 244 g/mol. The van der Waals surface area contributed by atoms with Crippen molar-refractivity contribution in [3.05, 3.63) is 61.0 Å². The highest BCUT2D eigenvalue weighted by Crippen LogP contribution is 2.06. The first-order valence-electron chi connectivity index (χ1n) is 5.54. The maximum atomic E-state index is 11.3. The second-order valence-corrected chi connectivity index (χ2v) is 3.71. The van der Waals surface area contributed by atoms with Crippen molar-refractivity contribution >= 4 is 11.8 Å². The summed E-state index contributed by atoms with van der Waals surface area (Å²) in [6, 6.07) is 7.33. The first-order chi connectivity index (χ1) is 8.65. The van der Waals surface area contributed by atoms with E-state index in [2.05, 4.69) is 23.8 Å². The number of carbonyl (C=O) groups is 2. The Morgan fingerprint density at radius 2 is 1.22 bits per heavy atom. The van der Waals surface area contributed by atoms with E-state index in [1.807, 2.05) is 24.3 Å². The van der Waals surface area contributed by atoms with E-state index in [4.69, 9.17) is 0 Å². The van der Waals surface area contributed by atoms with Gasteiger partial charge in [0.05, 0.1) is 12.8 Å². The second-order valence-electron chi connectivity index (χ2n) is 3.71. The molecule has 0 unspecified atom stereocenters. The van der Waals surface area contributed by atoms with Crippen molar-refractivity contribution < 1.29 is 9.59 Å². The zero-order valence-corrected chi connectivity index (χ0v) is 10.1. The first-order valence-corrected chi connectivity index (χ1v) is 5.54. The molecule has 0 spiro atoms. The molecule has 0 saturated carbocycles. The molecule has 4 heteroatoms. The van der Waals surface area contributed by atoms with Gasteiger partial charge in [0.15, 0.2) is 0 Å². The summed E-state index contributed by atoms with van der Waals surface area (Å²) >= 11 is 0. The number of benzene rings is 1. The summed E-state index contributed by atoms with van der Waals surface area (Å²) in [4.78, 5) is 22.6. The van der Waals surface area contributed by atoms with Crippen molar-refractivity contribution in [2.45, 2.75) is 12.8 Å². The van der Waals surface area contributed by atoms with Gasteiger partial charge in [-0.1, -0.05) is 37.4 Å². The summed E-state index contributed by atoms with van der Waals surface area (Å²) in [5, 5.41) is 5.01. The number of carbonyl (C=O) groups excluding carboxylic acids is 2. The van der Waals surface area contributed by atoms with E-state index >= 15 is 0 Å². The summed E-state index contributed by atoms with van der Waals surface area (Å²) in [5.41, 5.74) is 1.78. The van der Waals surface area contributed by atoms with Crippen LogP contribution in [0.3, 0.4) is 0 Å². The van der Waals surface area contributed by atoms with Gasteiger partial charge < -0.3 is 10.6 Å². The Labute approximate surface area is 106 Å². The van der Waals surface area contributed by atoms with Crippen LogP contribution in [0.5, 0.6) is 0 Å². The normalized spacial score (nSPS) is 9.33. The molecule has 0 aliphatic carbocycles. The molecule has 0 atom stereocenters. The van der Waals surface area contributed by atoms with Crippen molar-refractivity contribution in [1.82, 2.24) is 10.6 Å². The molecule has 0 bridgehead atoms. The maximum Gasteiger partial charge on any atom is 0.228 e. The SMILES string of the molecule is C=CNC(=O)Cc1ccc(CC(=O)NC=C)cc1. The third-order valence-corrected chi connectivity index (χ3v) is 2.28. The van der Waals surface area contributed by atoms with E-state index in [1.165, 1.54) is 12.4 Å². The van der Waals surface area contributed by atoms with Crippen LogP contribution in [0.15, 0.2) is 49.8 Å². The predicted molar refractivity (Wildman–Crippen MR) is 70.5 cm³/mol.